The Labute approximate surface area is 170 Å². The van der Waals surface area contributed by atoms with Crippen molar-refractivity contribution in [2.45, 2.75) is 13.8 Å². The van der Waals surface area contributed by atoms with Gasteiger partial charge < -0.3 is 5.32 Å². The number of aromatic nitrogens is 4. The zero-order chi connectivity index (χ0) is 19.7. The van der Waals surface area contributed by atoms with Gasteiger partial charge in [0.05, 0.1) is 22.8 Å². The quantitative estimate of drug-likeness (QED) is 0.519. The van der Waals surface area contributed by atoms with Gasteiger partial charge in [-0.2, -0.15) is 5.10 Å². The molecule has 0 aliphatic carbocycles. The van der Waals surface area contributed by atoms with E-state index >= 15 is 0 Å². The second-order valence-electron chi connectivity index (χ2n) is 6.17. The second kappa shape index (κ2) is 7.53. The molecule has 4 rings (SSSR count). The van der Waals surface area contributed by atoms with Gasteiger partial charge in [-0.3, -0.25) is 9.78 Å². The molecule has 6 nitrogen and oxygen atoms in total. The van der Waals surface area contributed by atoms with Crippen LogP contribution in [0.15, 0.2) is 54.7 Å². The number of nitrogens with one attached hydrogen (secondary N) is 1. The monoisotopic (exact) mass is 409 g/mol. The third-order valence-corrected chi connectivity index (χ3v) is 5.43. The molecule has 0 bridgehead atoms. The van der Waals surface area contributed by atoms with Gasteiger partial charge in [-0.05, 0) is 44.2 Å². The maximum atomic E-state index is 12.9. The average molecular weight is 410 g/mol. The minimum atomic E-state index is -0.236. The Bertz CT molecular complexity index is 1150. The van der Waals surface area contributed by atoms with Crippen LogP contribution in [0.5, 0.6) is 0 Å². The molecule has 1 aromatic carbocycles. The third-order valence-electron chi connectivity index (χ3n) is 4.01. The minimum Gasteiger partial charge on any atom is -0.306 e. The highest BCUT2D eigenvalue weighted by atomic mass is 35.5. The van der Waals surface area contributed by atoms with Crippen LogP contribution < -0.4 is 5.32 Å². The summed E-state index contributed by atoms with van der Waals surface area (Å²) >= 11 is 7.41. The molecule has 1 N–H and O–H groups in total. The van der Waals surface area contributed by atoms with Crippen LogP contribution in [0.25, 0.3) is 16.4 Å². The molecule has 3 heterocycles. The van der Waals surface area contributed by atoms with Crippen LogP contribution in [0, 0.1) is 13.8 Å². The SMILES string of the molecule is Cc1cc(NC(=O)c2sc(-c3ccccn3)nc2C)n(-c2cccc(Cl)c2)n1. The molecule has 0 aliphatic rings. The topological polar surface area (TPSA) is 72.7 Å². The lowest BCUT2D eigenvalue weighted by Crippen LogP contribution is -2.15. The van der Waals surface area contributed by atoms with E-state index < -0.39 is 0 Å². The highest BCUT2D eigenvalue weighted by Gasteiger charge is 2.19. The summed E-state index contributed by atoms with van der Waals surface area (Å²) in [5.41, 5.74) is 2.96. The molecule has 28 heavy (non-hydrogen) atoms. The lowest BCUT2D eigenvalue weighted by Gasteiger charge is -2.08. The van der Waals surface area contributed by atoms with Crippen LogP contribution in [-0.4, -0.2) is 25.7 Å². The van der Waals surface area contributed by atoms with E-state index in [2.05, 4.69) is 20.4 Å². The van der Waals surface area contributed by atoms with Gasteiger partial charge in [-0.1, -0.05) is 23.7 Å². The second-order valence-corrected chi connectivity index (χ2v) is 7.60. The first kappa shape index (κ1) is 18.3. The molecule has 4 aromatic rings. The highest BCUT2D eigenvalue weighted by molar-refractivity contribution is 7.17. The van der Waals surface area contributed by atoms with Gasteiger partial charge in [0.2, 0.25) is 0 Å². The summed E-state index contributed by atoms with van der Waals surface area (Å²) in [5, 5.41) is 8.71. The first-order valence-corrected chi connectivity index (χ1v) is 9.73. The lowest BCUT2D eigenvalue weighted by atomic mass is 10.3. The molecule has 0 unspecified atom stereocenters. The maximum absolute atomic E-state index is 12.9. The van der Waals surface area contributed by atoms with E-state index in [-0.39, 0.29) is 5.91 Å². The fraction of sp³-hybridized carbons (Fsp3) is 0.100. The molecule has 3 aromatic heterocycles. The van der Waals surface area contributed by atoms with E-state index in [0.717, 1.165) is 17.1 Å². The van der Waals surface area contributed by atoms with Crippen LogP contribution in [0.1, 0.15) is 21.1 Å². The molecule has 0 saturated carbocycles. The van der Waals surface area contributed by atoms with Gasteiger partial charge in [0.15, 0.2) is 0 Å². The summed E-state index contributed by atoms with van der Waals surface area (Å²) in [4.78, 5) is 22.2. The van der Waals surface area contributed by atoms with Gasteiger partial charge in [-0.15, -0.1) is 11.3 Å². The van der Waals surface area contributed by atoms with Crippen molar-refractivity contribution in [1.82, 2.24) is 19.7 Å². The summed E-state index contributed by atoms with van der Waals surface area (Å²) in [6.45, 7) is 3.69. The molecule has 1 amide bonds. The number of aryl methyl sites for hydroxylation is 2. The van der Waals surface area contributed by atoms with E-state index in [1.807, 2.05) is 50.2 Å². The Morgan fingerprint density at radius 1 is 1.14 bits per heavy atom. The summed E-state index contributed by atoms with van der Waals surface area (Å²) in [5.74, 6) is 0.331. The number of halogens is 1. The molecule has 0 aliphatic heterocycles. The Kier molecular flexibility index (Phi) is 4.93. The fourth-order valence-corrected chi connectivity index (χ4v) is 3.90. The van der Waals surface area contributed by atoms with Crippen molar-refractivity contribution >= 4 is 34.7 Å². The molecule has 0 spiro atoms. The van der Waals surface area contributed by atoms with Crippen LogP contribution in [0.3, 0.4) is 0 Å². The summed E-state index contributed by atoms with van der Waals surface area (Å²) < 4.78 is 1.66. The van der Waals surface area contributed by atoms with Gasteiger partial charge in [0, 0.05) is 17.3 Å². The normalized spacial score (nSPS) is 10.8. The number of rotatable bonds is 4. The number of anilines is 1. The Morgan fingerprint density at radius 2 is 2.00 bits per heavy atom. The van der Waals surface area contributed by atoms with E-state index in [9.17, 15) is 4.79 Å². The Hall–Kier alpha value is -3.03. The minimum absolute atomic E-state index is 0.236. The van der Waals surface area contributed by atoms with Gasteiger partial charge >= 0.3 is 0 Å². The van der Waals surface area contributed by atoms with Crippen LogP contribution in [0.4, 0.5) is 5.82 Å². The first-order chi connectivity index (χ1) is 13.5. The zero-order valence-corrected chi connectivity index (χ0v) is 16.8. The van der Waals surface area contributed by atoms with Crippen LogP contribution in [-0.2, 0) is 0 Å². The predicted molar refractivity (Wildman–Crippen MR) is 111 cm³/mol. The zero-order valence-electron chi connectivity index (χ0n) is 15.2. The molecule has 8 heteroatoms. The van der Waals surface area contributed by atoms with Gasteiger partial charge in [0.25, 0.3) is 5.91 Å². The number of benzene rings is 1. The molecular formula is C20H16ClN5OS. The Morgan fingerprint density at radius 3 is 2.75 bits per heavy atom. The van der Waals surface area contributed by atoms with Crippen LogP contribution >= 0.6 is 22.9 Å². The number of nitrogens with zero attached hydrogens (tertiary/aromatic N) is 4. The molecule has 0 atom stereocenters. The van der Waals surface area contributed by atoms with Crippen molar-refractivity contribution in [3.05, 3.63) is 76.0 Å². The number of amides is 1. The molecule has 140 valence electrons. The number of thiazole rings is 1. The smallest absolute Gasteiger partial charge is 0.268 e. The average Bonchev–Trinajstić information content (AvgIpc) is 3.25. The molecule has 0 radical (unpaired) electrons. The number of carbonyl (C=O) groups is 1. The molecule has 0 fully saturated rings. The van der Waals surface area contributed by atoms with Gasteiger partial charge in [0.1, 0.15) is 15.7 Å². The van der Waals surface area contributed by atoms with E-state index in [1.54, 1.807) is 23.0 Å². The maximum Gasteiger partial charge on any atom is 0.268 e. The van der Waals surface area contributed by atoms with E-state index in [1.165, 1.54) is 11.3 Å². The lowest BCUT2D eigenvalue weighted by molar-refractivity contribution is 0.102. The first-order valence-electron chi connectivity index (χ1n) is 8.54. The van der Waals surface area contributed by atoms with Crippen LogP contribution in [0.2, 0.25) is 5.02 Å². The number of hydrogen-bond donors (Lipinski definition) is 1. The van der Waals surface area contributed by atoms with Crippen molar-refractivity contribution in [3.63, 3.8) is 0 Å². The van der Waals surface area contributed by atoms with Gasteiger partial charge in [-0.25, -0.2) is 9.67 Å². The van der Waals surface area contributed by atoms with E-state index in [0.29, 0.717) is 26.4 Å². The van der Waals surface area contributed by atoms with Crippen molar-refractivity contribution in [2.75, 3.05) is 5.32 Å². The summed E-state index contributed by atoms with van der Waals surface area (Å²) in [6.07, 6.45) is 1.71. The summed E-state index contributed by atoms with van der Waals surface area (Å²) in [7, 11) is 0. The number of pyridine rings is 1. The molecular weight excluding hydrogens is 394 g/mol. The Balaban J connectivity index is 1.64. The van der Waals surface area contributed by atoms with Crippen molar-refractivity contribution in [2.24, 2.45) is 0 Å². The standard InChI is InChI=1S/C20H16ClN5OS/c1-12-10-17(26(25-12)15-7-5-6-14(21)11-15)24-19(27)18-13(2)23-20(28-18)16-8-3-4-9-22-16/h3-11H,1-2H3,(H,24,27). The van der Waals surface area contributed by atoms with Crippen molar-refractivity contribution in [3.8, 4) is 16.4 Å². The molecule has 0 saturated heterocycles. The van der Waals surface area contributed by atoms with Crippen molar-refractivity contribution in [1.29, 1.82) is 0 Å². The predicted octanol–water partition coefficient (Wildman–Crippen LogP) is 4.91. The number of hydrogen-bond acceptors (Lipinski definition) is 5. The highest BCUT2D eigenvalue weighted by Crippen LogP contribution is 2.28. The third kappa shape index (κ3) is 3.67. The van der Waals surface area contributed by atoms with E-state index in [4.69, 9.17) is 11.6 Å². The fourth-order valence-electron chi connectivity index (χ4n) is 2.77. The summed E-state index contributed by atoms with van der Waals surface area (Å²) in [6, 6.07) is 14.7. The number of carbonyl (C=O) groups excluding carboxylic acids is 1. The largest absolute Gasteiger partial charge is 0.306 e. The van der Waals surface area contributed by atoms with Crippen molar-refractivity contribution < 1.29 is 4.79 Å².